The van der Waals surface area contributed by atoms with Crippen molar-refractivity contribution in [3.05, 3.63) is 125 Å². The minimum atomic E-state index is -0.954. The van der Waals surface area contributed by atoms with Crippen LogP contribution in [0.25, 0.3) is 0 Å². The molecule has 2 aromatic heterocycles. The van der Waals surface area contributed by atoms with Gasteiger partial charge in [0, 0.05) is 109 Å². The van der Waals surface area contributed by atoms with Crippen molar-refractivity contribution in [2.45, 2.75) is 103 Å². The molecule has 0 unspecified atom stereocenters. The summed E-state index contributed by atoms with van der Waals surface area (Å²) >= 11 is 18.7. The van der Waals surface area contributed by atoms with Gasteiger partial charge in [0.05, 0.1) is 59.3 Å². The van der Waals surface area contributed by atoms with Gasteiger partial charge >= 0.3 is 35.9 Å². The zero-order valence-electron chi connectivity index (χ0n) is 45.7. The molecule has 0 aliphatic carbocycles. The molecule has 84 heavy (non-hydrogen) atoms. The van der Waals surface area contributed by atoms with Crippen LogP contribution >= 0.6 is 61.8 Å². The van der Waals surface area contributed by atoms with Crippen molar-refractivity contribution >= 4 is 109 Å². The minimum absolute atomic E-state index is 0. The van der Waals surface area contributed by atoms with E-state index in [1.54, 1.807) is 65.4 Å². The third-order valence-electron chi connectivity index (χ3n) is 14.6. The maximum absolute atomic E-state index is 14.5. The first-order valence-electron chi connectivity index (χ1n) is 26.9. The van der Waals surface area contributed by atoms with Crippen LogP contribution in [0.4, 0.5) is 18.4 Å². The highest BCUT2D eigenvalue weighted by molar-refractivity contribution is 9.09. The van der Waals surface area contributed by atoms with E-state index >= 15 is 0 Å². The quantitative estimate of drug-likeness (QED) is 0.0568. The lowest BCUT2D eigenvalue weighted by molar-refractivity contribution is -0.139. The number of rotatable bonds is 17. The number of fused-ring (bicyclic) bond motifs is 2. The molecular formula is C56H66BrCl2F2N11O10S2. The van der Waals surface area contributed by atoms with Gasteiger partial charge in [-0.2, -0.15) is 0 Å². The number of nitrogens with one attached hydrogen (secondary N) is 2. The monoisotopic (exact) mass is 1300 g/mol. The van der Waals surface area contributed by atoms with E-state index in [9.17, 15) is 42.7 Å². The number of carbonyl (C=O) groups is 6. The Morgan fingerprint density at radius 2 is 1.19 bits per heavy atom. The Kier molecular flexibility index (Phi) is 22.8. The molecule has 0 spiro atoms. The van der Waals surface area contributed by atoms with Crippen molar-refractivity contribution < 1.29 is 57.2 Å². The van der Waals surface area contributed by atoms with Gasteiger partial charge in [-0.25, -0.2) is 37.9 Å². The number of aliphatic carboxylic acids is 2. The molecule has 4 N–H and O–H groups in total. The molecular weight excluding hydrogens is 1240 g/mol. The summed E-state index contributed by atoms with van der Waals surface area (Å²) in [6, 6.07) is 6.53. The van der Waals surface area contributed by atoms with Crippen LogP contribution in [0.1, 0.15) is 100 Å². The number of allylic oxidation sites excluding steroid dienone is 1. The number of amidine groups is 2. The molecule has 10 rings (SSSR count). The number of nitrogens with zero attached hydrogens (tertiary/aromatic N) is 9. The lowest BCUT2D eigenvalue weighted by Crippen LogP contribution is -2.53. The SMILES string of the molecule is C.CCOC(=O)C1=C(CBr)NC(c2nccs2)=N[C@H]1c1cccc(F)c1Cl.CCOC(=O)C1=C(CN2CCN3C(=O)N([C@H](C)CC(=O)O)C[C@@H]3C2)NC(c2nccs2)=N[C@H]1c1cccc(F)c1Cl.C[C@H](CC(=O)O)N1C[C@@H]2CCCCN2C1=O. The number of aromatic nitrogens is 2. The Bertz CT molecular complexity index is 3190. The molecule has 0 saturated carbocycles. The first kappa shape index (κ1) is 65.0. The van der Waals surface area contributed by atoms with Gasteiger partial charge in [0.25, 0.3) is 0 Å². The highest BCUT2D eigenvalue weighted by Gasteiger charge is 2.44. The highest BCUT2D eigenvalue weighted by Crippen LogP contribution is 2.40. The summed E-state index contributed by atoms with van der Waals surface area (Å²) in [5.41, 5.74) is 2.34. The van der Waals surface area contributed by atoms with Gasteiger partial charge in [-0.05, 0) is 59.1 Å². The first-order chi connectivity index (χ1) is 39.8. The van der Waals surface area contributed by atoms with E-state index < -0.39 is 53.6 Å². The van der Waals surface area contributed by atoms with E-state index in [1.165, 1.54) is 53.4 Å². The van der Waals surface area contributed by atoms with Crippen molar-refractivity contribution in [3.63, 3.8) is 0 Å². The summed E-state index contributed by atoms with van der Waals surface area (Å²) in [7, 11) is 0. The van der Waals surface area contributed by atoms with E-state index in [2.05, 4.69) is 46.4 Å². The summed E-state index contributed by atoms with van der Waals surface area (Å²) in [6.07, 6.45) is 6.52. The molecule has 4 saturated heterocycles. The van der Waals surface area contributed by atoms with E-state index in [-0.39, 0.29) is 78.8 Å². The fourth-order valence-electron chi connectivity index (χ4n) is 10.7. The van der Waals surface area contributed by atoms with Crippen LogP contribution in [0.5, 0.6) is 0 Å². The van der Waals surface area contributed by atoms with Gasteiger partial charge in [-0.3, -0.25) is 24.5 Å². The van der Waals surface area contributed by atoms with Crippen LogP contribution in [0.2, 0.25) is 10.0 Å². The van der Waals surface area contributed by atoms with E-state index in [1.807, 2.05) is 17.2 Å². The number of carboxylic acids is 2. The fraction of sp³-hybridized carbons (Fsp3) is 0.464. The molecule has 2 aromatic carbocycles. The molecule has 6 atom stereocenters. The number of carboxylic acid groups (broad SMARTS) is 2. The predicted molar refractivity (Wildman–Crippen MR) is 319 cm³/mol. The van der Waals surface area contributed by atoms with Gasteiger partial charge in [-0.1, -0.05) is 70.8 Å². The predicted octanol–water partition coefficient (Wildman–Crippen LogP) is 9.14. The normalized spacial score (nSPS) is 21.0. The molecule has 4 fully saturated rings. The zero-order chi connectivity index (χ0) is 59.6. The smallest absolute Gasteiger partial charge is 0.338 e. The second-order valence-electron chi connectivity index (χ2n) is 20.0. The Balaban J connectivity index is 0.000000200. The Hall–Kier alpha value is -6.58. The Labute approximate surface area is 511 Å². The third-order valence-corrected chi connectivity index (χ3v) is 17.5. The van der Waals surface area contributed by atoms with Crippen molar-refractivity contribution in [3.8, 4) is 0 Å². The van der Waals surface area contributed by atoms with Gasteiger partial charge in [0.15, 0.2) is 21.7 Å². The number of benzene rings is 2. The average molecular weight is 1310 g/mol. The molecule has 4 amide bonds. The van der Waals surface area contributed by atoms with Crippen molar-refractivity contribution in [1.29, 1.82) is 0 Å². The van der Waals surface area contributed by atoms with Gasteiger partial charge in [0.2, 0.25) is 0 Å². The number of hydrogen-bond acceptors (Lipinski definition) is 17. The van der Waals surface area contributed by atoms with E-state index in [0.717, 1.165) is 19.4 Å². The number of thiazole rings is 2. The number of alkyl halides is 1. The van der Waals surface area contributed by atoms with Crippen LogP contribution < -0.4 is 10.6 Å². The van der Waals surface area contributed by atoms with Crippen LogP contribution in [0.3, 0.4) is 0 Å². The molecule has 0 bridgehead atoms. The van der Waals surface area contributed by atoms with Crippen LogP contribution in [-0.4, -0.2) is 181 Å². The number of halogens is 5. The maximum atomic E-state index is 14.5. The van der Waals surface area contributed by atoms with E-state index in [0.29, 0.717) is 94.8 Å². The van der Waals surface area contributed by atoms with Crippen molar-refractivity contribution in [1.82, 2.24) is 45.1 Å². The summed E-state index contributed by atoms with van der Waals surface area (Å²) in [6.45, 7) is 11.1. The van der Waals surface area contributed by atoms with Crippen LogP contribution in [-0.2, 0) is 28.7 Å². The Morgan fingerprint density at radius 1 is 0.714 bits per heavy atom. The fourth-order valence-corrected chi connectivity index (χ4v) is 12.7. The number of ether oxygens (including phenoxy) is 2. The summed E-state index contributed by atoms with van der Waals surface area (Å²) < 4.78 is 39.2. The third kappa shape index (κ3) is 14.9. The van der Waals surface area contributed by atoms with Gasteiger partial charge in [0.1, 0.15) is 23.7 Å². The average Bonchev–Trinajstić information content (AvgIpc) is 4.44. The van der Waals surface area contributed by atoms with Crippen LogP contribution in [0, 0.1) is 11.6 Å². The summed E-state index contributed by atoms with van der Waals surface area (Å²) in [5.74, 6) is -3.19. The topological polar surface area (TPSA) is 252 Å². The summed E-state index contributed by atoms with van der Waals surface area (Å²) in [5, 5.41) is 29.4. The minimum Gasteiger partial charge on any atom is -0.481 e. The molecule has 452 valence electrons. The largest absolute Gasteiger partial charge is 0.481 e. The molecule has 6 aliphatic heterocycles. The lowest BCUT2D eigenvalue weighted by atomic mass is 9.95. The second-order valence-corrected chi connectivity index (χ2v) is 23.1. The lowest BCUT2D eigenvalue weighted by Gasteiger charge is -2.38. The van der Waals surface area contributed by atoms with Crippen LogP contribution in [0.15, 0.2) is 92.1 Å². The number of piperidine rings is 1. The number of esters is 2. The summed E-state index contributed by atoms with van der Waals surface area (Å²) in [4.78, 5) is 100.0. The van der Waals surface area contributed by atoms with Crippen molar-refractivity contribution in [2.75, 3.05) is 64.4 Å². The number of hydrogen-bond donors (Lipinski definition) is 4. The number of carbonyl (C=O) groups excluding carboxylic acids is 4. The zero-order valence-corrected chi connectivity index (χ0v) is 50.5. The number of amides is 4. The highest BCUT2D eigenvalue weighted by atomic mass is 79.9. The van der Waals surface area contributed by atoms with Gasteiger partial charge in [-0.15, -0.1) is 22.7 Å². The maximum Gasteiger partial charge on any atom is 0.338 e. The number of aliphatic imine (C=N–C) groups is 2. The standard InChI is InChI=1S/C27H30ClFN6O5S.C17H14BrClFN3O2S.C11H18N2O3.CH4/c1-3-40-26(38)21-19(14-33-8-9-34-16(12-33)13-35(27(34)39)15(2)11-20(36)37)31-24(25-30-7-10-41-25)32-23(21)17-5-4-6-18(29)22(17)28;1-2-25-17(24)12-11(8-18)22-15(16-21-6-7-26-16)23-14(12)9-4-3-5-10(20)13(9)19;1-8(6-10(14)15)13-7-9-4-2-3-5-12(9)11(13)16;/h4-7,10,15-16,23H,3,8-9,11-14H2,1-2H3,(H,31,32)(H,36,37);3-7,14H,2,8H2,1H3,(H,22,23);8-9H,2-7H2,1H3,(H,14,15);1H4/t15-,16+,23+;14-;8-,9+;/m101./s1. The number of piperazine rings is 1. The molecule has 6 aliphatic rings. The van der Waals surface area contributed by atoms with Crippen molar-refractivity contribution in [2.24, 2.45) is 9.98 Å². The van der Waals surface area contributed by atoms with Gasteiger partial charge < -0.3 is 49.9 Å². The molecule has 8 heterocycles. The first-order valence-corrected chi connectivity index (χ1v) is 30.5. The number of urea groups is 2. The second kappa shape index (κ2) is 29.5. The Morgan fingerprint density at radius 3 is 1.64 bits per heavy atom. The molecule has 0 radical (unpaired) electrons. The van der Waals surface area contributed by atoms with E-state index in [4.69, 9.17) is 42.8 Å². The molecule has 4 aromatic rings. The molecule has 21 nitrogen and oxygen atoms in total. The molecule has 28 heteroatoms.